The lowest BCUT2D eigenvalue weighted by Crippen LogP contribution is -2.08. The van der Waals surface area contributed by atoms with Gasteiger partial charge >= 0.3 is 5.63 Å². The molecule has 3 nitrogen and oxygen atoms in total. The van der Waals surface area contributed by atoms with Crippen LogP contribution in [0.15, 0.2) is 57.7 Å². The second-order valence-electron chi connectivity index (χ2n) is 4.88. The zero-order valence-electron chi connectivity index (χ0n) is 11.1. The molecule has 0 spiro atoms. The molecule has 0 atom stereocenters. The Kier molecular flexibility index (Phi) is 3.03. The van der Waals surface area contributed by atoms with E-state index in [1.165, 1.54) is 0 Å². The van der Waals surface area contributed by atoms with Gasteiger partial charge in [0.15, 0.2) is 0 Å². The molecule has 0 fully saturated rings. The van der Waals surface area contributed by atoms with Crippen LogP contribution in [-0.2, 0) is 6.42 Å². The van der Waals surface area contributed by atoms with Gasteiger partial charge in [0.1, 0.15) is 11.3 Å². The maximum Gasteiger partial charge on any atom is 0.343 e. The monoisotopic (exact) mass is 266 g/mol. The molecule has 0 saturated carbocycles. The predicted molar refractivity (Wildman–Crippen MR) is 78.1 cm³/mol. The van der Waals surface area contributed by atoms with Gasteiger partial charge in [-0.05, 0) is 30.2 Å². The summed E-state index contributed by atoms with van der Waals surface area (Å²) in [6, 6.07) is 15.0. The molecule has 0 aliphatic rings. The fraction of sp³-hybridized carbons (Fsp3) is 0.118. The summed E-state index contributed by atoms with van der Waals surface area (Å²) in [6.07, 6.45) is 0.360. The first-order valence-corrected chi connectivity index (χ1v) is 6.44. The van der Waals surface area contributed by atoms with E-state index in [4.69, 9.17) is 4.42 Å². The zero-order valence-corrected chi connectivity index (χ0v) is 11.1. The summed E-state index contributed by atoms with van der Waals surface area (Å²) in [7, 11) is 0. The number of hydrogen-bond acceptors (Lipinski definition) is 3. The summed E-state index contributed by atoms with van der Waals surface area (Å²) in [5.41, 5.74) is 2.18. The van der Waals surface area contributed by atoms with Gasteiger partial charge in [0.05, 0.1) is 10.9 Å². The molecule has 1 N–H and O–H groups in total. The van der Waals surface area contributed by atoms with Crippen molar-refractivity contribution < 1.29 is 9.52 Å². The van der Waals surface area contributed by atoms with Gasteiger partial charge in [-0.15, -0.1) is 0 Å². The third-order valence-corrected chi connectivity index (χ3v) is 3.35. The lowest BCUT2D eigenvalue weighted by molar-refractivity contribution is 0.458. The largest absolute Gasteiger partial charge is 0.507 e. The van der Waals surface area contributed by atoms with E-state index in [2.05, 4.69) is 0 Å². The van der Waals surface area contributed by atoms with Gasteiger partial charge in [0.2, 0.25) is 0 Å². The van der Waals surface area contributed by atoms with Crippen LogP contribution in [0.1, 0.15) is 16.7 Å². The van der Waals surface area contributed by atoms with Crippen LogP contribution in [0.4, 0.5) is 0 Å². The molecule has 0 aliphatic carbocycles. The number of rotatable bonds is 2. The van der Waals surface area contributed by atoms with E-state index in [1.807, 2.05) is 43.3 Å². The smallest absolute Gasteiger partial charge is 0.343 e. The van der Waals surface area contributed by atoms with E-state index in [9.17, 15) is 9.90 Å². The molecule has 0 radical (unpaired) electrons. The van der Waals surface area contributed by atoms with Crippen LogP contribution in [0.2, 0.25) is 0 Å². The molecule has 0 unspecified atom stereocenters. The fourth-order valence-electron chi connectivity index (χ4n) is 2.29. The second-order valence-corrected chi connectivity index (χ2v) is 4.88. The highest BCUT2D eigenvalue weighted by molar-refractivity contribution is 5.84. The molecular weight excluding hydrogens is 252 g/mol. The number of benzene rings is 2. The lowest BCUT2D eigenvalue weighted by Gasteiger charge is -2.07. The first kappa shape index (κ1) is 12.5. The molecule has 2 aromatic carbocycles. The highest BCUT2D eigenvalue weighted by Gasteiger charge is 2.14. The fourth-order valence-corrected chi connectivity index (χ4v) is 2.29. The third-order valence-electron chi connectivity index (χ3n) is 3.35. The Morgan fingerprint density at radius 3 is 2.60 bits per heavy atom. The maximum atomic E-state index is 12.0. The van der Waals surface area contributed by atoms with Crippen molar-refractivity contribution in [2.24, 2.45) is 0 Å². The number of aryl methyl sites for hydroxylation is 1. The standard InChI is InChI=1S/C17H14O3/c1-11-7-8-13-15(9-11)20-17(19)14(16(13)18)10-12-5-3-2-4-6-12/h2-9,18H,10H2,1H3. The van der Waals surface area contributed by atoms with Crippen molar-refractivity contribution in [2.45, 2.75) is 13.3 Å². The summed E-state index contributed by atoms with van der Waals surface area (Å²) in [4.78, 5) is 12.0. The van der Waals surface area contributed by atoms with E-state index in [-0.39, 0.29) is 5.75 Å². The zero-order chi connectivity index (χ0) is 14.1. The molecule has 100 valence electrons. The van der Waals surface area contributed by atoms with E-state index in [0.29, 0.717) is 23.0 Å². The maximum absolute atomic E-state index is 12.0. The summed E-state index contributed by atoms with van der Waals surface area (Å²) in [6.45, 7) is 1.91. The average molecular weight is 266 g/mol. The Labute approximate surface area is 116 Å². The first-order valence-electron chi connectivity index (χ1n) is 6.44. The minimum Gasteiger partial charge on any atom is -0.507 e. The number of aromatic hydroxyl groups is 1. The lowest BCUT2D eigenvalue weighted by atomic mass is 10.0. The van der Waals surface area contributed by atoms with Crippen molar-refractivity contribution in [3.8, 4) is 5.75 Å². The van der Waals surface area contributed by atoms with Crippen molar-refractivity contribution in [2.75, 3.05) is 0 Å². The van der Waals surface area contributed by atoms with Crippen molar-refractivity contribution in [3.63, 3.8) is 0 Å². The third kappa shape index (κ3) is 2.18. The molecule has 1 aromatic heterocycles. The molecule has 0 saturated heterocycles. The van der Waals surface area contributed by atoms with Crippen LogP contribution in [0.25, 0.3) is 11.0 Å². The molecule has 3 rings (SSSR count). The van der Waals surface area contributed by atoms with E-state index < -0.39 is 5.63 Å². The van der Waals surface area contributed by atoms with Gasteiger partial charge in [-0.1, -0.05) is 36.4 Å². The summed E-state index contributed by atoms with van der Waals surface area (Å²) >= 11 is 0. The number of fused-ring (bicyclic) bond motifs is 1. The van der Waals surface area contributed by atoms with Gasteiger partial charge in [-0.25, -0.2) is 4.79 Å². The normalized spacial score (nSPS) is 10.8. The van der Waals surface area contributed by atoms with Crippen LogP contribution in [-0.4, -0.2) is 5.11 Å². The Morgan fingerprint density at radius 2 is 1.85 bits per heavy atom. The minimum absolute atomic E-state index is 0.0140. The van der Waals surface area contributed by atoms with Crippen LogP contribution in [0, 0.1) is 6.92 Å². The van der Waals surface area contributed by atoms with Gasteiger partial charge in [-0.2, -0.15) is 0 Å². The van der Waals surface area contributed by atoms with Gasteiger partial charge in [-0.3, -0.25) is 0 Å². The van der Waals surface area contributed by atoms with Crippen molar-refractivity contribution in [1.82, 2.24) is 0 Å². The van der Waals surface area contributed by atoms with Crippen LogP contribution in [0.5, 0.6) is 5.75 Å². The van der Waals surface area contributed by atoms with E-state index in [1.54, 1.807) is 12.1 Å². The first-order chi connectivity index (χ1) is 9.65. The van der Waals surface area contributed by atoms with Crippen LogP contribution >= 0.6 is 0 Å². The molecule has 0 aliphatic heterocycles. The molecule has 3 heteroatoms. The Bertz CT molecular complexity index is 817. The van der Waals surface area contributed by atoms with Crippen molar-refractivity contribution in [1.29, 1.82) is 0 Å². The van der Waals surface area contributed by atoms with Crippen LogP contribution < -0.4 is 5.63 Å². The van der Waals surface area contributed by atoms with Crippen molar-refractivity contribution >= 4 is 11.0 Å². The minimum atomic E-state index is -0.482. The molecule has 1 heterocycles. The topological polar surface area (TPSA) is 50.4 Å². The molecule has 3 aromatic rings. The highest BCUT2D eigenvalue weighted by atomic mass is 16.4. The SMILES string of the molecule is Cc1ccc2c(O)c(Cc3ccccc3)c(=O)oc2c1. The van der Waals surface area contributed by atoms with Crippen LogP contribution in [0.3, 0.4) is 0 Å². The summed E-state index contributed by atoms with van der Waals surface area (Å²) in [5.74, 6) is 0.0140. The molecular formula is C17H14O3. The quantitative estimate of drug-likeness (QED) is 0.723. The average Bonchev–Trinajstić information content (AvgIpc) is 2.44. The van der Waals surface area contributed by atoms with E-state index >= 15 is 0 Å². The summed E-state index contributed by atoms with van der Waals surface area (Å²) < 4.78 is 5.31. The second kappa shape index (κ2) is 4.85. The highest BCUT2D eigenvalue weighted by Crippen LogP contribution is 2.28. The molecule has 0 amide bonds. The predicted octanol–water partition coefficient (Wildman–Crippen LogP) is 3.40. The Hall–Kier alpha value is -2.55. The molecule has 20 heavy (non-hydrogen) atoms. The van der Waals surface area contributed by atoms with Crippen molar-refractivity contribution in [3.05, 3.63) is 75.6 Å². The van der Waals surface area contributed by atoms with Gasteiger partial charge < -0.3 is 9.52 Å². The van der Waals surface area contributed by atoms with E-state index in [0.717, 1.165) is 11.1 Å². The Morgan fingerprint density at radius 1 is 1.10 bits per heavy atom. The number of hydrogen-bond donors (Lipinski definition) is 1. The Balaban J connectivity index is 2.16. The molecule has 0 bridgehead atoms. The van der Waals surface area contributed by atoms with Gasteiger partial charge in [0, 0.05) is 6.42 Å². The summed E-state index contributed by atoms with van der Waals surface area (Å²) in [5, 5.41) is 10.9. The van der Waals surface area contributed by atoms with Gasteiger partial charge in [0.25, 0.3) is 0 Å².